The molecule has 0 bridgehead atoms. The Balaban J connectivity index is 2.22. The Morgan fingerprint density at radius 3 is 2.47 bits per heavy atom. The Hall–Kier alpha value is -0.850. The summed E-state index contributed by atoms with van der Waals surface area (Å²) in [6.07, 6.45) is 0. The first-order valence-electron chi connectivity index (χ1n) is 5.32. The number of hydrogen-bond acceptors (Lipinski definition) is 5. The van der Waals surface area contributed by atoms with Crippen LogP contribution in [0.5, 0.6) is 0 Å². The number of halogens is 1. The Bertz CT molecular complexity index is 498. The van der Waals surface area contributed by atoms with E-state index in [1.165, 1.54) is 6.07 Å². The third-order valence-corrected chi connectivity index (χ3v) is 3.99. The van der Waals surface area contributed by atoms with E-state index in [2.05, 4.69) is 21.8 Å². The molecule has 0 spiro atoms. The molecule has 7 heteroatoms. The lowest BCUT2D eigenvalue weighted by atomic mass is 10.3. The van der Waals surface area contributed by atoms with Crippen LogP contribution in [-0.2, 0) is 9.05 Å². The van der Waals surface area contributed by atoms with Gasteiger partial charge in [-0.05, 0) is 19.2 Å². The molecule has 1 aromatic rings. The van der Waals surface area contributed by atoms with Gasteiger partial charge in [0, 0.05) is 36.9 Å². The summed E-state index contributed by atoms with van der Waals surface area (Å²) in [5.74, 6) is 0.667. The fourth-order valence-electron chi connectivity index (χ4n) is 1.75. The SMILES string of the molecule is CN1CCN(c2cccc(S(=O)(=O)Cl)n2)CC1. The molecule has 1 aliphatic heterocycles. The van der Waals surface area contributed by atoms with Gasteiger partial charge >= 0.3 is 0 Å². The molecule has 0 amide bonds. The summed E-state index contributed by atoms with van der Waals surface area (Å²) in [6, 6.07) is 4.87. The molecule has 1 fully saturated rings. The van der Waals surface area contributed by atoms with Crippen molar-refractivity contribution < 1.29 is 8.42 Å². The Morgan fingerprint density at radius 2 is 1.88 bits per heavy atom. The molecule has 94 valence electrons. The van der Waals surface area contributed by atoms with Gasteiger partial charge in [-0.3, -0.25) is 0 Å². The highest BCUT2D eigenvalue weighted by molar-refractivity contribution is 8.13. The summed E-state index contributed by atoms with van der Waals surface area (Å²) < 4.78 is 22.4. The van der Waals surface area contributed by atoms with Crippen molar-refractivity contribution in [3.63, 3.8) is 0 Å². The zero-order valence-electron chi connectivity index (χ0n) is 9.50. The highest BCUT2D eigenvalue weighted by atomic mass is 35.7. The molecule has 2 rings (SSSR count). The maximum atomic E-state index is 11.2. The minimum absolute atomic E-state index is 0.0874. The molecule has 0 saturated carbocycles. The van der Waals surface area contributed by atoms with Gasteiger partial charge in [0.05, 0.1) is 0 Å². The second-order valence-electron chi connectivity index (χ2n) is 4.06. The van der Waals surface area contributed by atoms with Gasteiger partial charge in [0.15, 0.2) is 5.03 Å². The molecule has 1 aliphatic rings. The topological polar surface area (TPSA) is 53.5 Å². The molecule has 5 nitrogen and oxygen atoms in total. The quantitative estimate of drug-likeness (QED) is 0.746. The number of anilines is 1. The number of piperazine rings is 1. The highest BCUT2D eigenvalue weighted by Gasteiger charge is 2.18. The summed E-state index contributed by atoms with van der Waals surface area (Å²) in [4.78, 5) is 8.36. The first-order chi connectivity index (χ1) is 7.97. The molecule has 1 saturated heterocycles. The average Bonchev–Trinajstić information content (AvgIpc) is 2.29. The summed E-state index contributed by atoms with van der Waals surface area (Å²) in [5, 5.41) is -0.0874. The number of nitrogens with zero attached hydrogens (tertiary/aromatic N) is 3. The Morgan fingerprint density at radius 1 is 1.24 bits per heavy atom. The van der Waals surface area contributed by atoms with E-state index in [1.54, 1.807) is 12.1 Å². The van der Waals surface area contributed by atoms with Crippen molar-refractivity contribution in [2.45, 2.75) is 5.03 Å². The predicted molar refractivity (Wildman–Crippen MR) is 67.0 cm³/mol. The van der Waals surface area contributed by atoms with Crippen LogP contribution in [-0.4, -0.2) is 51.5 Å². The van der Waals surface area contributed by atoms with E-state index in [-0.39, 0.29) is 5.03 Å². The summed E-state index contributed by atoms with van der Waals surface area (Å²) in [6.45, 7) is 3.57. The van der Waals surface area contributed by atoms with E-state index in [9.17, 15) is 8.42 Å². The van der Waals surface area contributed by atoms with Crippen LogP contribution < -0.4 is 4.90 Å². The smallest absolute Gasteiger partial charge is 0.278 e. The van der Waals surface area contributed by atoms with Gasteiger partial charge in [0.2, 0.25) is 0 Å². The molecule has 0 aromatic carbocycles. The average molecular weight is 276 g/mol. The molecule has 0 aliphatic carbocycles. The van der Waals surface area contributed by atoms with Gasteiger partial charge in [-0.1, -0.05) is 6.07 Å². The van der Waals surface area contributed by atoms with E-state index in [0.29, 0.717) is 5.82 Å². The van der Waals surface area contributed by atoms with Crippen LogP contribution in [0, 0.1) is 0 Å². The number of hydrogen-bond donors (Lipinski definition) is 0. The zero-order chi connectivity index (χ0) is 12.5. The molecule has 0 unspecified atom stereocenters. The zero-order valence-corrected chi connectivity index (χ0v) is 11.1. The number of pyridine rings is 1. The molecule has 17 heavy (non-hydrogen) atoms. The van der Waals surface area contributed by atoms with Gasteiger partial charge in [0.1, 0.15) is 5.82 Å². The fraction of sp³-hybridized carbons (Fsp3) is 0.500. The Labute approximate surface area is 105 Å². The largest absolute Gasteiger partial charge is 0.354 e. The predicted octanol–water partition coefficient (Wildman–Crippen LogP) is 0.761. The molecular weight excluding hydrogens is 262 g/mol. The minimum Gasteiger partial charge on any atom is -0.354 e. The minimum atomic E-state index is -3.75. The second-order valence-corrected chi connectivity index (χ2v) is 6.58. The molecule has 1 aromatic heterocycles. The maximum Gasteiger partial charge on any atom is 0.278 e. The molecular formula is C10H14ClN3O2S. The van der Waals surface area contributed by atoms with E-state index < -0.39 is 9.05 Å². The second kappa shape index (κ2) is 4.80. The van der Waals surface area contributed by atoms with Crippen LogP contribution in [0.15, 0.2) is 23.2 Å². The molecule has 0 N–H and O–H groups in total. The molecule has 2 heterocycles. The van der Waals surface area contributed by atoms with E-state index in [4.69, 9.17) is 10.7 Å². The van der Waals surface area contributed by atoms with Crippen LogP contribution in [0.3, 0.4) is 0 Å². The third-order valence-electron chi connectivity index (χ3n) is 2.79. The van der Waals surface area contributed by atoms with Crippen molar-refractivity contribution in [3.05, 3.63) is 18.2 Å². The molecule has 0 radical (unpaired) electrons. The maximum absolute atomic E-state index is 11.2. The summed E-state index contributed by atoms with van der Waals surface area (Å²) in [5.41, 5.74) is 0. The lowest BCUT2D eigenvalue weighted by molar-refractivity contribution is 0.312. The van der Waals surface area contributed by atoms with Gasteiger partial charge < -0.3 is 9.80 Å². The highest BCUT2D eigenvalue weighted by Crippen LogP contribution is 2.18. The van der Waals surface area contributed by atoms with Gasteiger partial charge in [-0.15, -0.1) is 0 Å². The number of aromatic nitrogens is 1. The van der Waals surface area contributed by atoms with Gasteiger partial charge in [-0.25, -0.2) is 13.4 Å². The monoisotopic (exact) mass is 275 g/mol. The van der Waals surface area contributed by atoms with Crippen LogP contribution >= 0.6 is 10.7 Å². The van der Waals surface area contributed by atoms with Crippen molar-refractivity contribution in [3.8, 4) is 0 Å². The molecule has 0 atom stereocenters. The third kappa shape index (κ3) is 3.08. The van der Waals surface area contributed by atoms with Crippen molar-refractivity contribution in [2.24, 2.45) is 0 Å². The van der Waals surface area contributed by atoms with Crippen molar-refractivity contribution in [1.29, 1.82) is 0 Å². The van der Waals surface area contributed by atoms with E-state index in [0.717, 1.165) is 26.2 Å². The lowest BCUT2D eigenvalue weighted by Gasteiger charge is -2.33. The normalized spacial score (nSPS) is 18.4. The van der Waals surface area contributed by atoms with Crippen LogP contribution in [0.4, 0.5) is 5.82 Å². The Kier molecular flexibility index (Phi) is 3.56. The van der Waals surface area contributed by atoms with Crippen LogP contribution in [0.1, 0.15) is 0 Å². The fourth-order valence-corrected chi connectivity index (χ4v) is 2.45. The van der Waals surface area contributed by atoms with Crippen molar-refractivity contribution >= 4 is 25.6 Å². The van der Waals surface area contributed by atoms with E-state index in [1.807, 2.05) is 0 Å². The first-order valence-corrected chi connectivity index (χ1v) is 7.63. The van der Waals surface area contributed by atoms with Crippen molar-refractivity contribution in [1.82, 2.24) is 9.88 Å². The lowest BCUT2D eigenvalue weighted by Crippen LogP contribution is -2.44. The van der Waals surface area contributed by atoms with Gasteiger partial charge in [0.25, 0.3) is 9.05 Å². The first kappa shape index (κ1) is 12.6. The van der Waals surface area contributed by atoms with Crippen LogP contribution in [0.2, 0.25) is 0 Å². The van der Waals surface area contributed by atoms with E-state index >= 15 is 0 Å². The number of likely N-dealkylation sites (N-methyl/N-ethyl adjacent to an activating group) is 1. The standard InChI is InChI=1S/C10H14ClN3O2S/c1-13-5-7-14(8-6-13)9-3-2-4-10(12-9)17(11,15)16/h2-4H,5-8H2,1H3. The van der Waals surface area contributed by atoms with Crippen LogP contribution in [0.25, 0.3) is 0 Å². The summed E-state index contributed by atoms with van der Waals surface area (Å²) in [7, 11) is 3.58. The summed E-state index contributed by atoms with van der Waals surface area (Å²) >= 11 is 0. The van der Waals surface area contributed by atoms with Crippen molar-refractivity contribution in [2.75, 3.05) is 38.1 Å². The number of rotatable bonds is 2. The van der Waals surface area contributed by atoms with Gasteiger partial charge in [-0.2, -0.15) is 0 Å².